The Balaban J connectivity index is 1.96. The summed E-state index contributed by atoms with van der Waals surface area (Å²) in [7, 11) is 0. The van der Waals surface area contributed by atoms with E-state index in [1.54, 1.807) is 0 Å². The lowest BCUT2D eigenvalue weighted by molar-refractivity contribution is 0.756. The van der Waals surface area contributed by atoms with Gasteiger partial charge in [0.15, 0.2) is 6.17 Å². The third kappa shape index (κ3) is 4.21. The van der Waals surface area contributed by atoms with Crippen LogP contribution in [0.15, 0.2) is 107 Å². The highest BCUT2D eigenvalue weighted by molar-refractivity contribution is 6.16. The molecule has 1 N–H and O–H groups in total. The fourth-order valence-corrected chi connectivity index (χ4v) is 2.49. The van der Waals surface area contributed by atoms with Gasteiger partial charge in [-0.05, 0) is 12.5 Å². The summed E-state index contributed by atoms with van der Waals surface area (Å²) in [5.74, 6) is 1.54. The molecule has 1 aliphatic heterocycles. The molecular weight excluding hydrogens is 306 g/mol. The van der Waals surface area contributed by atoms with Crippen LogP contribution >= 0.6 is 0 Å². The van der Waals surface area contributed by atoms with Crippen LogP contribution in [0.4, 0.5) is 0 Å². The second-order valence-electron chi connectivity index (χ2n) is 5.64. The molecule has 0 amide bonds. The average molecular weight is 327 g/mol. The summed E-state index contributed by atoms with van der Waals surface area (Å²) in [6.45, 7) is 6.12. The zero-order valence-electron chi connectivity index (χ0n) is 14.3. The van der Waals surface area contributed by atoms with Crippen molar-refractivity contribution in [1.82, 2.24) is 5.32 Å². The highest BCUT2D eigenvalue weighted by Gasteiger charge is 2.19. The Labute approximate surface area is 148 Å². The van der Waals surface area contributed by atoms with Crippen LogP contribution in [0, 0.1) is 0 Å². The first-order valence-electron chi connectivity index (χ1n) is 8.29. The normalized spacial score (nSPS) is 17.2. The van der Waals surface area contributed by atoms with Gasteiger partial charge in [0.25, 0.3) is 0 Å². The van der Waals surface area contributed by atoms with Crippen LogP contribution in [-0.2, 0) is 0 Å². The molecule has 3 heteroatoms. The lowest BCUT2D eigenvalue weighted by Gasteiger charge is -2.22. The predicted molar refractivity (Wildman–Crippen MR) is 106 cm³/mol. The number of nitrogens with zero attached hydrogens (tertiary/aromatic N) is 2. The minimum absolute atomic E-state index is 0.278. The number of aliphatic imine (C=N–C) groups is 2. The summed E-state index contributed by atoms with van der Waals surface area (Å²) in [4.78, 5) is 9.54. The van der Waals surface area contributed by atoms with Crippen molar-refractivity contribution in [3.05, 3.63) is 108 Å². The fraction of sp³-hybridized carbons (Fsp3) is 0.0909. The van der Waals surface area contributed by atoms with Crippen molar-refractivity contribution in [3.8, 4) is 0 Å². The SMILES string of the molecule is C=C(/C=C\C=C/C)C1=NC(c2ccccc2)N=C(c2ccccc2)N1. The first-order chi connectivity index (χ1) is 12.3. The van der Waals surface area contributed by atoms with Crippen molar-refractivity contribution in [3.63, 3.8) is 0 Å². The third-order valence-corrected chi connectivity index (χ3v) is 3.79. The number of hydrogen-bond donors (Lipinski definition) is 1. The molecule has 0 bridgehead atoms. The van der Waals surface area contributed by atoms with Crippen LogP contribution in [-0.4, -0.2) is 11.7 Å². The smallest absolute Gasteiger partial charge is 0.169 e. The highest BCUT2D eigenvalue weighted by Crippen LogP contribution is 2.23. The van der Waals surface area contributed by atoms with Crippen LogP contribution in [0.2, 0.25) is 0 Å². The van der Waals surface area contributed by atoms with Crippen molar-refractivity contribution < 1.29 is 0 Å². The van der Waals surface area contributed by atoms with Crippen molar-refractivity contribution in [2.75, 3.05) is 0 Å². The molecule has 0 radical (unpaired) electrons. The van der Waals surface area contributed by atoms with Gasteiger partial charge in [0, 0.05) is 11.1 Å². The molecule has 0 fully saturated rings. The molecule has 3 nitrogen and oxygen atoms in total. The van der Waals surface area contributed by atoms with Crippen molar-refractivity contribution >= 4 is 11.7 Å². The van der Waals surface area contributed by atoms with Gasteiger partial charge in [-0.2, -0.15) is 0 Å². The van der Waals surface area contributed by atoms with Gasteiger partial charge in [-0.25, -0.2) is 9.98 Å². The molecule has 0 saturated heterocycles. The van der Waals surface area contributed by atoms with Crippen LogP contribution in [0.5, 0.6) is 0 Å². The third-order valence-electron chi connectivity index (χ3n) is 3.79. The summed E-state index contributed by atoms with van der Waals surface area (Å²) in [5.41, 5.74) is 2.91. The molecule has 0 aliphatic carbocycles. The van der Waals surface area contributed by atoms with E-state index in [1.165, 1.54) is 0 Å². The standard InChI is InChI=1S/C22H21N3/c1-3-4-7-12-17(2)20-23-21(18-13-8-5-9-14-18)25-22(24-20)19-15-10-6-11-16-19/h3-16,21H,2H2,1H3,(H,23,24,25)/b4-3-,12-7-. The van der Waals surface area contributed by atoms with Gasteiger partial charge in [-0.3, -0.25) is 0 Å². The van der Waals surface area contributed by atoms with Gasteiger partial charge in [0.2, 0.25) is 0 Å². The minimum Gasteiger partial charge on any atom is -0.324 e. The van der Waals surface area contributed by atoms with E-state index in [-0.39, 0.29) is 6.17 Å². The summed E-state index contributed by atoms with van der Waals surface area (Å²) in [6, 6.07) is 20.2. The monoisotopic (exact) mass is 327 g/mol. The summed E-state index contributed by atoms with van der Waals surface area (Å²) < 4.78 is 0. The zero-order chi connectivity index (χ0) is 17.5. The quantitative estimate of drug-likeness (QED) is 0.785. The molecule has 0 spiro atoms. The lowest BCUT2D eigenvalue weighted by Crippen LogP contribution is -2.36. The second kappa shape index (κ2) is 8.06. The van der Waals surface area contributed by atoms with Gasteiger partial charge in [-0.15, -0.1) is 0 Å². The van der Waals surface area contributed by atoms with Crippen LogP contribution in [0.3, 0.4) is 0 Å². The average Bonchev–Trinajstić information content (AvgIpc) is 2.69. The number of hydrogen-bond acceptors (Lipinski definition) is 3. The molecule has 2 aromatic rings. The van der Waals surface area contributed by atoms with Gasteiger partial charge >= 0.3 is 0 Å². The van der Waals surface area contributed by atoms with Gasteiger partial charge in [0.05, 0.1) is 0 Å². The maximum Gasteiger partial charge on any atom is 0.169 e. The van der Waals surface area contributed by atoms with Crippen LogP contribution in [0.1, 0.15) is 24.2 Å². The molecule has 124 valence electrons. The largest absolute Gasteiger partial charge is 0.324 e. The Morgan fingerprint density at radius 3 is 2.32 bits per heavy atom. The van der Waals surface area contributed by atoms with E-state index in [4.69, 9.17) is 9.98 Å². The van der Waals surface area contributed by atoms with E-state index < -0.39 is 0 Å². The van der Waals surface area contributed by atoms with Gasteiger partial charge < -0.3 is 5.32 Å². The fourth-order valence-electron chi connectivity index (χ4n) is 2.49. The molecule has 2 aromatic carbocycles. The molecule has 3 rings (SSSR count). The molecule has 25 heavy (non-hydrogen) atoms. The Bertz CT molecular complexity index is 843. The van der Waals surface area contributed by atoms with Crippen LogP contribution in [0.25, 0.3) is 0 Å². The topological polar surface area (TPSA) is 36.8 Å². The highest BCUT2D eigenvalue weighted by atomic mass is 15.2. The Hall–Kier alpha value is -3.20. The van der Waals surface area contributed by atoms with E-state index in [2.05, 4.69) is 11.9 Å². The van der Waals surface area contributed by atoms with E-state index in [0.29, 0.717) is 0 Å². The van der Waals surface area contributed by atoms with Gasteiger partial charge in [0.1, 0.15) is 11.7 Å². The predicted octanol–water partition coefficient (Wildman–Crippen LogP) is 4.82. The van der Waals surface area contributed by atoms with Crippen molar-refractivity contribution in [2.24, 2.45) is 9.98 Å². The molecule has 1 aliphatic rings. The maximum absolute atomic E-state index is 4.79. The van der Waals surface area contributed by atoms with Gasteiger partial charge in [-0.1, -0.05) is 91.5 Å². The molecule has 1 unspecified atom stereocenters. The summed E-state index contributed by atoms with van der Waals surface area (Å²) in [5, 5.41) is 3.32. The summed E-state index contributed by atoms with van der Waals surface area (Å²) in [6.07, 6.45) is 7.57. The van der Waals surface area contributed by atoms with Crippen molar-refractivity contribution in [2.45, 2.75) is 13.1 Å². The first kappa shape index (κ1) is 16.7. The number of amidine groups is 2. The first-order valence-corrected chi connectivity index (χ1v) is 8.29. The Morgan fingerprint density at radius 1 is 0.960 bits per heavy atom. The van der Waals surface area contributed by atoms with E-state index in [9.17, 15) is 0 Å². The number of benzene rings is 2. The van der Waals surface area contributed by atoms with E-state index in [1.807, 2.05) is 91.9 Å². The molecule has 0 saturated carbocycles. The molecule has 0 aromatic heterocycles. The molecular formula is C22H21N3. The Morgan fingerprint density at radius 2 is 1.64 bits per heavy atom. The Kier molecular flexibility index (Phi) is 5.37. The maximum atomic E-state index is 4.79. The number of allylic oxidation sites excluding steroid dienone is 3. The zero-order valence-corrected chi connectivity index (χ0v) is 14.3. The van der Waals surface area contributed by atoms with Crippen LogP contribution < -0.4 is 5.32 Å². The minimum atomic E-state index is -0.278. The lowest BCUT2D eigenvalue weighted by atomic mass is 10.1. The second-order valence-corrected chi connectivity index (χ2v) is 5.64. The number of rotatable bonds is 5. The summed E-state index contributed by atoms with van der Waals surface area (Å²) >= 11 is 0. The molecule has 1 heterocycles. The van der Waals surface area contributed by atoms with E-state index >= 15 is 0 Å². The van der Waals surface area contributed by atoms with Crippen molar-refractivity contribution in [1.29, 1.82) is 0 Å². The molecule has 1 atom stereocenters. The number of nitrogens with one attached hydrogen (secondary N) is 1. The van der Waals surface area contributed by atoms with E-state index in [0.717, 1.165) is 28.4 Å².